The van der Waals surface area contributed by atoms with E-state index in [4.69, 9.17) is 17.3 Å². The summed E-state index contributed by atoms with van der Waals surface area (Å²) in [5.74, 6) is -0.232. The van der Waals surface area contributed by atoms with Crippen LogP contribution in [0, 0.1) is 0 Å². The molecule has 0 fully saturated rings. The van der Waals surface area contributed by atoms with E-state index in [2.05, 4.69) is 10.4 Å². The molecule has 1 aromatic carbocycles. The molecule has 6 nitrogen and oxygen atoms in total. The monoisotopic (exact) mass is 292 g/mol. The molecule has 0 saturated heterocycles. The summed E-state index contributed by atoms with van der Waals surface area (Å²) in [6, 6.07) is 7.78. The Balaban J connectivity index is 1.94. The van der Waals surface area contributed by atoms with Crippen molar-refractivity contribution in [3.8, 4) is 0 Å². The second-order valence-electron chi connectivity index (χ2n) is 4.12. The van der Waals surface area contributed by atoms with Gasteiger partial charge in [-0.2, -0.15) is 5.10 Å². The maximum atomic E-state index is 11.8. The molecule has 1 aromatic heterocycles. The van der Waals surface area contributed by atoms with Crippen molar-refractivity contribution in [3.05, 3.63) is 51.9 Å². The second kappa shape index (κ2) is 6.21. The van der Waals surface area contributed by atoms with Gasteiger partial charge < -0.3 is 11.1 Å². The Labute approximate surface area is 120 Å². The molecule has 20 heavy (non-hydrogen) atoms. The van der Waals surface area contributed by atoms with Gasteiger partial charge >= 0.3 is 0 Å². The van der Waals surface area contributed by atoms with Gasteiger partial charge in [-0.15, -0.1) is 0 Å². The smallest absolute Gasteiger partial charge is 0.266 e. The second-order valence-corrected chi connectivity index (χ2v) is 4.53. The first kappa shape index (κ1) is 14.1. The fourth-order valence-electron chi connectivity index (χ4n) is 1.61. The number of hydrogen-bond acceptors (Lipinski definition) is 4. The molecule has 0 aliphatic heterocycles. The van der Waals surface area contributed by atoms with Gasteiger partial charge in [0.25, 0.3) is 5.56 Å². The predicted octanol–water partition coefficient (Wildman–Crippen LogP) is 1.51. The number of aromatic nitrogens is 2. The lowest BCUT2D eigenvalue weighted by atomic mass is 10.2. The van der Waals surface area contributed by atoms with Gasteiger partial charge in [0.1, 0.15) is 0 Å². The van der Waals surface area contributed by atoms with E-state index in [0.29, 0.717) is 16.4 Å². The lowest BCUT2D eigenvalue weighted by Gasteiger charge is -2.07. The molecular weight excluding hydrogens is 280 g/mol. The van der Waals surface area contributed by atoms with E-state index in [1.54, 1.807) is 24.3 Å². The predicted molar refractivity (Wildman–Crippen MR) is 77.6 cm³/mol. The normalized spacial score (nSPS) is 10.2. The van der Waals surface area contributed by atoms with Gasteiger partial charge in [-0.3, -0.25) is 9.59 Å². The van der Waals surface area contributed by atoms with Crippen LogP contribution in [0.5, 0.6) is 0 Å². The average Bonchev–Trinajstić information content (AvgIpc) is 2.42. The number of nitrogens with zero attached hydrogens (tertiary/aromatic N) is 2. The highest BCUT2D eigenvalue weighted by Gasteiger charge is 2.05. The molecule has 0 bridgehead atoms. The SMILES string of the molecule is Nc1cc(NC(=O)CCn2ncccc2=O)ccc1Cl. The third-order valence-electron chi connectivity index (χ3n) is 2.62. The van der Waals surface area contributed by atoms with E-state index in [9.17, 15) is 9.59 Å². The van der Waals surface area contributed by atoms with Crippen LogP contribution in [0.4, 0.5) is 11.4 Å². The van der Waals surface area contributed by atoms with Crippen molar-refractivity contribution in [2.24, 2.45) is 0 Å². The number of carbonyl (C=O) groups excluding carboxylic acids is 1. The molecule has 1 heterocycles. The van der Waals surface area contributed by atoms with Crippen molar-refractivity contribution < 1.29 is 4.79 Å². The Morgan fingerprint density at radius 1 is 1.40 bits per heavy atom. The summed E-state index contributed by atoms with van der Waals surface area (Å²) >= 11 is 5.79. The van der Waals surface area contributed by atoms with E-state index in [0.717, 1.165) is 0 Å². The number of benzene rings is 1. The molecule has 0 radical (unpaired) electrons. The molecule has 2 aromatic rings. The number of anilines is 2. The Hall–Kier alpha value is -2.34. The van der Waals surface area contributed by atoms with Crippen LogP contribution in [0.1, 0.15) is 6.42 Å². The summed E-state index contributed by atoms with van der Waals surface area (Å²) in [5.41, 5.74) is 6.36. The molecule has 104 valence electrons. The van der Waals surface area contributed by atoms with E-state index in [1.807, 2.05) is 0 Å². The zero-order chi connectivity index (χ0) is 14.5. The lowest BCUT2D eigenvalue weighted by molar-refractivity contribution is -0.116. The maximum absolute atomic E-state index is 11.8. The minimum absolute atomic E-state index is 0.138. The Morgan fingerprint density at radius 3 is 2.90 bits per heavy atom. The topological polar surface area (TPSA) is 90.0 Å². The summed E-state index contributed by atoms with van der Waals surface area (Å²) in [6.07, 6.45) is 1.64. The van der Waals surface area contributed by atoms with Gasteiger partial charge in [0.15, 0.2) is 0 Å². The Bertz CT molecular complexity index is 684. The highest BCUT2D eigenvalue weighted by Crippen LogP contribution is 2.22. The van der Waals surface area contributed by atoms with Crippen molar-refractivity contribution in [1.82, 2.24) is 9.78 Å². The average molecular weight is 293 g/mol. The Kier molecular flexibility index (Phi) is 4.37. The number of nitrogens with two attached hydrogens (primary N) is 1. The molecule has 0 atom stereocenters. The number of halogens is 1. The number of hydrogen-bond donors (Lipinski definition) is 2. The van der Waals surface area contributed by atoms with E-state index >= 15 is 0 Å². The summed E-state index contributed by atoms with van der Waals surface area (Å²) in [4.78, 5) is 23.2. The van der Waals surface area contributed by atoms with Crippen molar-refractivity contribution >= 4 is 28.9 Å². The van der Waals surface area contributed by atoms with Crippen molar-refractivity contribution in [1.29, 1.82) is 0 Å². The number of carbonyl (C=O) groups is 1. The minimum atomic E-state index is -0.240. The van der Waals surface area contributed by atoms with Crippen LogP contribution in [0.3, 0.4) is 0 Å². The molecule has 0 aliphatic carbocycles. The van der Waals surface area contributed by atoms with E-state index < -0.39 is 0 Å². The van der Waals surface area contributed by atoms with Crippen LogP contribution in [0.25, 0.3) is 0 Å². The van der Waals surface area contributed by atoms with Crippen LogP contribution >= 0.6 is 11.6 Å². The molecule has 0 unspecified atom stereocenters. The van der Waals surface area contributed by atoms with Crippen LogP contribution in [0.2, 0.25) is 5.02 Å². The zero-order valence-corrected chi connectivity index (χ0v) is 11.3. The lowest BCUT2D eigenvalue weighted by Crippen LogP contribution is -2.24. The standard InChI is InChI=1S/C13H13ClN4O2/c14-10-4-3-9(8-11(10)15)17-12(19)5-7-18-13(20)2-1-6-16-18/h1-4,6,8H,5,7,15H2,(H,17,19). The quantitative estimate of drug-likeness (QED) is 0.836. The van der Waals surface area contributed by atoms with E-state index in [-0.39, 0.29) is 24.4 Å². The summed E-state index contributed by atoms with van der Waals surface area (Å²) in [7, 11) is 0. The van der Waals surface area contributed by atoms with Gasteiger partial charge in [-0.25, -0.2) is 4.68 Å². The number of nitrogens with one attached hydrogen (secondary N) is 1. The van der Waals surface area contributed by atoms with Gasteiger partial charge in [-0.1, -0.05) is 11.6 Å². The minimum Gasteiger partial charge on any atom is -0.397 e. The molecule has 1 amide bonds. The molecule has 3 N–H and O–H groups in total. The Morgan fingerprint density at radius 2 is 2.20 bits per heavy atom. The van der Waals surface area contributed by atoms with Crippen LogP contribution < -0.4 is 16.6 Å². The largest absolute Gasteiger partial charge is 0.397 e. The fourth-order valence-corrected chi connectivity index (χ4v) is 1.73. The summed E-state index contributed by atoms with van der Waals surface area (Å²) in [6.45, 7) is 0.217. The van der Waals surface area contributed by atoms with Crippen molar-refractivity contribution in [2.75, 3.05) is 11.1 Å². The highest BCUT2D eigenvalue weighted by atomic mass is 35.5. The third-order valence-corrected chi connectivity index (χ3v) is 2.96. The van der Waals surface area contributed by atoms with Gasteiger partial charge in [-0.05, 0) is 24.3 Å². The number of amides is 1. The first-order valence-corrected chi connectivity index (χ1v) is 6.31. The molecular formula is C13H13ClN4O2. The number of nitrogen functional groups attached to an aromatic ring is 1. The van der Waals surface area contributed by atoms with Crippen LogP contribution in [-0.4, -0.2) is 15.7 Å². The highest BCUT2D eigenvalue weighted by molar-refractivity contribution is 6.33. The third kappa shape index (κ3) is 3.58. The van der Waals surface area contributed by atoms with Crippen LogP contribution in [0.15, 0.2) is 41.3 Å². The molecule has 7 heteroatoms. The maximum Gasteiger partial charge on any atom is 0.266 e. The first-order chi connectivity index (χ1) is 9.56. The van der Waals surface area contributed by atoms with Crippen molar-refractivity contribution in [3.63, 3.8) is 0 Å². The summed E-state index contributed by atoms with van der Waals surface area (Å²) < 4.78 is 1.23. The summed E-state index contributed by atoms with van der Waals surface area (Å²) in [5, 5.41) is 6.98. The molecule has 2 rings (SSSR count). The van der Waals surface area contributed by atoms with E-state index in [1.165, 1.54) is 16.9 Å². The van der Waals surface area contributed by atoms with Gasteiger partial charge in [0.05, 0.1) is 17.3 Å². The number of rotatable bonds is 4. The number of aryl methyl sites for hydroxylation is 1. The molecule has 0 spiro atoms. The van der Waals surface area contributed by atoms with Crippen molar-refractivity contribution in [2.45, 2.75) is 13.0 Å². The molecule has 0 aliphatic rings. The fraction of sp³-hybridized carbons (Fsp3) is 0.154. The van der Waals surface area contributed by atoms with Crippen LogP contribution in [-0.2, 0) is 11.3 Å². The first-order valence-electron chi connectivity index (χ1n) is 5.93. The van der Waals surface area contributed by atoms with Gasteiger partial charge in [0, 0.05) is 24.4 Å². The van der Waals surface area contributed by atoms with Gasteiger partial charge in [0.2, 0.25) is 5.91 Å². The molecule has 0 saturated carbocycles. The zero-order valence-electron chi connectivity index (χ0n) is 10.5.